The van der Waals surface area contributed by atoms with E-state index < -0.39 is 18.0 Å². The van der Waals surface area contributed by atoms with Crippen LogP contribution in [0.1, 0.15) is 129 Å². The highest BCUT2D eigenvalue weighted by atomic mass is 16.5. The zero-order chi connectivity index (χ0) is 54.6. The Morgan fingerprint density at radius 2 is 0.987 bits per heavy atom. The molecule has 1 unspecified atom stereocenters. The van der Waals surface area contributed by atoms with Gasteiger partial charge in [0.25, 0.3) is 0 Å². The van der Waals surface area contributed by atoms with Gasteiger partial charge >= 0.3 is 11.9 Å². The number of carbonyl (C=O) groups is 3. The summed E-state index contributed by atoms with van der Waals surface area (Å²) >= 11 is 0. The summed E-state index contributed by atoms with van der Waals surface area (Å²) in [6.07, 6.45) is 5.86. The molecule has 8 nitrogen and oxygen atoms in total. The summed E-state index contributed by atoms with van der Waals surface area (Å²) < 4.78 is 12.9. The van der Waals surface area contributed by atoms with Crippen LogP contribution in [-0.2, 0) is 24.0 Å². The molecule has 8 aromatic carbocycles. The molecule has 8 aromatic rings. The maximum absolute atomic E-state index is 13.5. The van der Waals surface area contributed by atoms with Crippen LogP contribution in [-0.4, -0.2) is 33.0 Å². The molecular formula is C68H66O8. The molecule has 0 aliphatic heterocycles. The number of ketones is 1. The molecule has 76 heavy (non-hydrogen) atoms. The normalized spacial score (nSPS) is 12.0. The quantitative estimate of drug-likeness (QED) is 0.0644. The fourth-order valence-electron chi connectivity index (χ4n) is 8.95. The van der Waals surface area contributed by atoms with Gasteiger partial charge in [-0.25, -0.2) is 9.59 Å². The Bertz CT molecular complexity index is 3320. The number of carboxylic acids is 2. The lowest BCUT2D eigenvalue weighted by molar-refractivity contribution is 0.0686. The van der Waals surface area contributed by atoms with Crippen molar-refractivity contribution < 1.29 is 39.2 Å². The Hall–Kier alpha value is -8.59. The zero-order valence-electron chi connectivity index (χ0n) is 44.5. The molecule has 0 amide bonds. The van der Waals surface area contributed by atoms with Crippen LogP contribution in [0.2, 0.25) is 0 Å². The van der Waals surface area contributed by atoms with Crippen molar-refractivity contribution in [2.45, 2.75) is 85.5 Å². The maximum atomic E-state index is 13.5. The van der Waals surface area contributed by atoms with Gasteiger partial charge in [-0.15, -0.1) is 0 Å². The molecule has 1 atom stereocenters. The first-order valence-corrected chi connectivity index (χ1v) is 25.3. The number of ether oxygens (including phenoxy) is 2. The third kappa shape index (κ3) is 14.4. The lowest BCUT2D eigenvalue weighted by Gasteiger charge is -2.29. The van der Waals surface area contributed by atoms with Crippen molar-refractivity contribution in [2.24, 2.45) is 0 Å². The third-order valence-electron chi connectivity index (χ3n) is 12.9. The molecule has 0 aromatic heterocycles. The van der Waals surface area contributed by atoms with Gasteiger partial charge in [0.1, 0.15) is 24.7 Å². The van der Waals surface area contributed by atoms with Gasteiger partial charge in [-0.05, 0) is 123 Å². The number of aromatic carboxylic acids is 2. The van der Waals surface area contributed by atoms with Crippen LogP contribution in [0, 0.1) is 13.8 Å². The fraction of sp³-hybridized carbons (Fsp3) is 0.191. The van der Waals surface area contributed by atoms with E-state index in [1.54, 1.807) is 54.6 Å². The summed E-state index contributed by atoms with van der Waals surface area (Å²) in [5, 5.41) is 29.5. The molecule has 0 radical (unpaired) electrons. The molecule has 3 N–H and O–H groups in total. The van der Waals surface area contributed by atoms with Crippen LogP contribution in [0.5, 0.6) is 11.5 Å². The summed E-state index contributed by atoms with van der Waals surface area (Å²) in [6.45, 7) is 17.8. The number of allylic oxidation sites excluding steroid dienone is 1. The number of hydrogen-bond donors (Lipinski definition) is 3. The molecule has 0 fully saturated rings. The lowest BCUT2D eigenvalue weighted by Crippen LogP contribution is -2.18. The highest BCUT2D eigenvalue weighted by Gasteiger charge is 2.29. The van der Waals surface area contributed by atoms with Crippen LogP contribution in [0.15, 0.2) is 194 Å². The summed E-state index contributed by atoms with van der Waals surface area (Å²) in [7, 11) is 0. The number of rotatable bonds is 16. The fourth-order valence-corrected chi connectivity index (χ4v) is 8.95. The first kappa shape index (κ1) is 55.2. The molecule has 8 heteroatoms. The Labute approximate surface area is 447 Å². The molecule has 0 bridgehead atoms. The minimum Gasteiger partial charge on any atom is -0.489 e. The van der Waals surface area contributed by atoms with Gasteiger partial charge in [0.2, 0.25) is 0 Å². The summed E-state index contributed by atoms with van der Waals surface area (Å²) in [6, 6.07) is 57.4. The second-order valence-electron chi connectivity index (χ2n) is 20.9. The second kappa shape index (κ2) is 24.6. The van der Waals surface area contributed by atoms with Crippen molar-refractivity contribution in [1.82, 2.24) is 0 Å². The average Bonchev–Trinajstić information content (AvgIpc) is 3.41. The largest absolute Gasteiger partial charge is 0.489 e. The standard InChI is InChI=1S/C34H32O4.C34H34O4/c1-23-28(30(35)20-17-24-15-18-27(19-16-24)33(36)37)21-29(26-13-9-6-10-14-26)31(34(2,3)4)32(23)38-22-25-11-7-5-8-12-25;1-23-10-15-26(16-11-23)29-20-28(30(35)19-14-24-12-17-27(18-13-24)33(36)37)21-31(32(29)34(2,3)4)38-22-25-8-6-5-7-9-25/h5-21H,22H2,1-4H3,(H,36,37);5-21,30,35H,22H2,1-4H3,(H,36,37)/b20-17+;19-14+. The van der Waals surface area contributed by atoms with Gasteiger partial charge in [-0.2, -0.15) is 0 Å². The summed E-state index contributed by atoms with van der Waals surface area (Å²) in [5.41, 5.74) is 13.1. The maximum Gasteiger partial charge on any atom is 0.335 e. The first-order valence-electron chi connectivity index (χ1n) is 25.3. The van der Waals surface area contributed by atoms with Crippen LogP contribution < -0.4 is 9.47 Å². The predicted molar refractivity (Wildman–Crippen MR) is 306 cm³/mol. The van der Waals surface area contributed by atoms with E-state index in [1.165, 1.54) is 23.8 Å². The molecule has 0 saturated carbocycles. The van der Waals surface area contributed by atoms with Crippen molar-refractivity contribution in [3.05, 3.63) is 261 Å². The van der Waals surface area contributed by atoms with Crippen LogP contribution >= 0.6 is 0 Å². The van der Waals surface area contributed by atoms with Gasteiger partial charge in [-0.3, -0.25) is 4.79 Å². The highest BCUT2D eigenvalue weighted by Crippen LogP contribution is 2.45. The highest BCUT2D eigenvalue weighted by molar-refractivity contribution is 6.09. The van der Waals surface area contributed by atoms with E-state index in [0.29, 0.717) is 18.8 Å². The monoisotopic (exact) mass is 1010 g/mol. The smallest absolute Gasteiger partial charge is 0.335 e. The summed E-state index contributed by atoms with van der Waals surface area (Å²) in [5.74, 6) is -0.626. The lowest BCUT2D eigenvalue weighted by atomic mass is 9.78. The molecular weight excluding hydrogens is 945 g/mol. The predicted octanol–water partition coefficient (Wildman–Crippen LogP) is 16.1. The van der Waals surface area contributed by atoms with Crippen molar-refractivity contribution in [2.75, 3.05) is 0 Å². The number of aryl methyl sites for hydroxylation is 1. The third-order valence-corrected chi connectivity index (χ3v) is 12.9. The van der Waals surface area contributed by atoms with E-state index in [9.17, 15) is 19.5 Å². The minimum absolute atomic E-state index is 0.146. The van der Waals surface area contributed by atoms with E-state index in [1.807, 2.05) is 104 Å². The first-order chi connectivity index (χ1) is 36.3. The number of carbonyl (C=O) groups excluding carboxylic acids is 1. The van der Waals surface area contributed by atoms with Gasteiger partial charge in [-0.1, -0.05) is 205 Å². The number of hydrogen-bond acceptors (Lipinski definition) is 6. The van der Waals surface area contributed by atoms with Gasteiger partial charge in [0, 0.05) is 22.3 Å². The Morgan fingerprint density at radius 3 is 1.49 bits per heavy atom. The number of benzene rings is 8. The van der Waals surface area contributed by atoms with Gasteiger partial charge < -0.3 is 24.8 Å². The number of aliphatic hydroxyl groups excluding tert-OH is 1. The average molecular weight is 1010 g/mol. The van der Waals surface area contributed by atoms with Gasteiger partial charge in [0.05, 0.1) is 17.2 Å². The van der Waals surface area contributed by atoms with Crippen molar-refractivity contribution >= 4 is 29.9 Å². The molecule has 386 valence electrons. The Morgan fingerprint density at radius 1 is 0.526 bits per heavy atom. The number of carboxylic acid groups (broad SMARTS) is 2. The Balaban J connectivity index is 0.000000221. The topological polar surface area (TPSA) is 130 Å². The number of aliphatic hydroxyl groups is 1. The van der Waals surface area contributed by atoms with Crippen molar-refractivity contribution in [3.8, 4) is 33.8 Å². The van der Waals surface area contributed by atoms with E-state index in [2.05, 4.69) is 84.9 Å². The van der Waals surface area contributed by atoms with Crippen LogP contribution in [0.4, 0.5) is 0 Å². The molecule has 8 rings (SSSR count). The van der Waals surface area contributed by atoms with Crippen LogP contribution in [0.3, 0.4) is 0 Å². The van der Waals surface area contributed by atoms with Crippen LogP contribution in [0.25, 0.3) is 34.4 Å². The molecule has 0 heterocycles. The van der Waals surface area contributed by atoms with E-state index in [4.69, 9.17) is 19.7 Å². The second-order valence-corrected chi connectivity index (χ2v) is 20.9. The van der Waals surface area contributed by atoms with Crippen molar-refractivity contribution in [3.63, 3.8) is 0 Å². The molecule has 0 saturated heterocycles. The molecule has 0 aliphatic carbocycles. The van der Waals surface area contributed by atoms with E-state index >= 15 is 0 Å². The van der Waals surface area contributed by atoms with Crippen molar-refractivity contribution in [1.29, 1.82) is 0 Å². The minimum atomic E-state index is -0.984. The summed E-state index contributed by atoms with van der Waals surface area (Å²) in [4.78, 5) is 35.8. The zero-order valence-corrected chi connectivity index (χ0v) is 44.5. The van der Waals surface area contributed by atoms with Gasteiger partial charge in [0.15, 0.2) is 5.78 Å². The SMILES string of the molecule is Cc1c(C(=O)/C=C/c2ccc(C(=O)O)cc2)cc(-c2ccccc2)c(C(C)(C)C)c1OCc1ccccc1.Cc1ccc(-c2cc(C(O)/C=C/c3ccc(C(=O)O)cc3)cc(OCc3ccccc3)c2C(C)(C)C)cc1. The molecule has 0 spiro atoms. The van der Waals surface area contributed by atoms with E-state index in [-0.39, 0.29) is 27.7 Å². The van der Waals surface area contributed by atoms with E-state index in [0.717, 1.165) is 78.3 Å². The molecule has 0 aliphatic rings. The Kier molecular flexibility index (Phi) is 17.9.